The molecular weight excluding hydrogens is 314 g/mol. The van der Waals surface area contributed by atoms with Crippen molar-refractivity contribution in [2.24, 2.45) is 17.3 Å². The lowest BCUT2D eigenvalue weighted by Gasteiger charge is -2.50. The summed E-state index contributed by atoms with van der Waals surface area (Å²) in [7, 11) is 1.63. The lowest BCUT2D eigenvalue weighted by Crippen LogP contribution is -2.47. The van der Waals surface area contributed by atoms with E-state index in [4.69, 9.17) is 4.74 Å². The first-order valence-electron chi connectivity index (χ1n) is 8.55. The Hall–Kier alpha value is -1.65. The predicted molar refractivity (Wildman–Crippen MR) is 86.6 cm³/mol. The first kappa shape index (κ1) is 17.2. The highest BCUT2D eigenvalue weighted by molar-refractivity contribution is 5.75. The molecule has 5 heteroatoms. The fourth-order valence-corrected chi connectivity index (χ4v) is 4.90. The van der Waals surface area contributed by atoms with Crippen LogP contribution in [0.5, 0.6) is 5.75 Å². The number of hydrogen-bond acceptors (Lipinski definition) is 2. The van der Waals surface area contributed by atoms with Gasteiger partial charge in [-0.25, -0.2) is 8.78 Å². The maximum absolute atomic E-state index is 13.2. The number of hydrogen-bond donors (Lipinski definition) is 1. The first-order valence-corrected chi connectivity index (χ1v) is 8.55. The topological polar surface area (TPSA) is 46.5 Å². The molecule has 1 fully saturated rings. The number of benzene rings is 1. The van der Waals surface area contributed by atoms with Crippen LogP contribution in [-0.4, -0.2) is 24.6 Å². The van der Waals surface area contributed by atoms with E-state index < -0.39 is 23.7 Å². The van der Waals surface area contributed by atoms with Gasteiger partial charge in [0.05, 0.1) is 12.5 Å². The van der Waals surface area contributed by atoms with E-state index in [0.717, 1.165) is 25.0 Å². The smallest absolute Gasteiger partial charge is 0.309 e. The molecule has 0 radical (unpaired) electrons. The monoisotopic (exact) mass is 338 g/mol. The van der Waals surface area contributed by atoms with Gasteiger partial charge in [0.2, 0.25) is 6.43 Å². The SMILES string of the molecule is COc1ccc2c(c1)CC[C@@H]1[C@@H]2CC[C@](C)(C(=O)O)[C@H]1CC(F)F. The highest BCUT2D eigenvalue weighted by Gasteiger charge is 2.52. The standard InChI is InChI=1S/C19H24F2O3/c1-19(18(22)23)8-7-14-13-6-4-12(24-2)9-11(13)3-5-15(14)16(19)10-17(20)21/h4,6,9,14-17H,3,5,7-8,10H2,1-2H3,(H,22,23)/t14-,15-,16+,19+/m1/s1. The number of carboxylic acid groups (broad SMARTS) is 1. The molecule has 3 rings (SSSR count). The number of methoxy groups -OCH3 is 1. The number of fused-ring (bicyclic) bond motifs is 3. The van der Waals surface area contributed by atoms with Gasteiger partial charge in [-0.05, 0) is 73.6 Å². The molecule has 0 aliphatic heterocycles. The van der Waals surface area contributed by atoms with Crippen LogP contribution in [-0.2, 0) is 11.2 Å². The van der Waals surface area contributed by atoms with Gasteiger partial charge in [-0.15, -0.1) is 0 Å². The lowest BCUT2D eigenvalue weighted by atomic mass is 9.54. The molecule has 0 amide bonds. The van der Waals surface area contributed by atoms with Crippen molar-refractivity contribution in [3.05, 3.63) is 29.3 Å². The van der Waals surface area contributed by atoms with Gasteiger partial charge < -0.3 is 9.84 Å². The van der Waals surface area contributed by atoms with Gasteiger partial charge in [-0.2, -0.15) is 0 Å². The van der Waals surface area contributed by atoms with E-state index in [1.165, 1.54) is 11.1 Å². The molecular formula is C19H24F2O3. The quantitative estimate of drug-likeness (QED) is 0.879. The number of halogens is 2. The second kappa shape index (κ2) is 6.34. The number of aliphatic carboxylic acids is 1. The van der Waals surface area contributed by atoms with Crippen LogP contribution in [0.25, 0.3) is 0 Å². The van der Waals surface area contributed by atoms with E-state index in [1.54, 1.807) is 14.0 Å². The molecule has 2 aliphatic carbocycles. The molecule has 2 aliphatic rings. The van der Waals surface area contributed by atoms with Crippen LogP contribution < -0.4 is 4.74 Å². The predicted octanol–water partition coefficient (Wildman–Crippen LogP) is 4.50. The van der Waals surface area contributed by atoms with Crippen molar-refractivity contribution in [3.63, 3.8) is 0 Å². The highest BCUT2D eigenvalue weighted by Crippen LogP contribution is 2.56. The van der Waals surface area contributed by atoms with E-state index in [0.29, 0.717) is 6.42 Å². The van der Waals surface area contributed by atoms with E-state index >= 15 is 0 Å². The molecule has 0 unspecified atom stereocenters. The second-order valence-electron chi connectivity index (χ2n) is 7.37. The third-order valence-electron chi connectivity index (χ3n) is 6.24. The van der Waals surface area contributed by atoms with Crippen molar-refractivity contribution < 1.29 is 23.4 Å². The van der Waals surface area contributed by atoms with Crippen molar-refractivity contribution >= 4 is 5.97 Å². The number of rotatable bonds is 4. The normalized spacial score (nSPS) is 32.1. The average molecular weight is 338 g/mol. The van der Waals surface area contributed by atoms with Crippen molar-refractivity contribution in [3.8, 4) is 5.75 Å². The molecule has 1 saturated carbocycles. The second-order valence-corrected chi connectivity index (χ2v) is 7.37. The minimum Gasteiger partial charge on any atom is -0.497 e. The summed E-state index contributed by atoms with van der Waals surface area (Å²) in [6, 6.07) is 5.97. The van der Waals surface area contributed by atoms with Crippen LogP contribution in [0.1, 0.15) is 49.7 Å². The van der Waals surface area contributed by atoms with Gasteiger partial charge in [0, 0.05) is 6.42 Å². The Labute approximate surface area is 141 Å². The third kappa shape index (κ3) is 2.78. The summed E-state index contributed by atoms with van der Waals surface area (Å²) < 4.78 is 31.6. The summed E-state index contributed by atoms with van der Waals surface area (Å²) in [5, 5.41) is 9.67. The molecule has 0 bridgehead atoms. The molecule has 132 valence electrons. The summed E-state index contributed by atoms with van der Waals surface area (Å²) in [4.78, 5) is 11.8. The Bertz CT molecular complexity index is 631. The molecule has 1 N–H and O–H groups in total. The zero-order chi connectivity index (χ0) is 17.5. The molecule has 1 aromatic carbocycles. The summed E-state index contributed by atoms with van der Waals surface area (Å²) in [6.07, 6.45) is -0.0348. The molecule has 0 aromatic heterocycles. The average Bonchev–Trinajstić information content (AvgIpc) is 2.55. The van der Waals surface area contributed by atoms with E-state index in [2.05, 4.69) is 0 Å². The molecule has 24 heavy (non-hydrogen) atoms. The minimum atomic E-state index is -2.47. The fourth-order valence-electron chi connectivity index (χ4n) is 4.90. The molecule has 4 atom stereocenters. The van der Waals surface area contributed by atoms with Crippen LogP contribution in [0, 0.1) is 17.3 Å². The van der Waals surface area contributed by atoms with Crippen molar-refractivity contribution in [2.75, 3.05) is 7.11 Å². The zero-order valence-electron chi connectivity index (χ0n) is 14.1. The fraction of sp³-hybridized carbons (Fsp3) is 0.632. The third-order valence-corrected chi connectivity index (χ3v) is 6.24. The van der Waals surface area contributed by atoms with Gasteiger partial charge in [-0.3, -0.25) is 4.79 Å². The zero-order valence-corrected chi connectivity index (χ0v) is 14.1. The number of alkyl halides is 2. The lowest BCUT2D eigenvalue weighted by molar-refractivity contribution is -0.158. The number of aryl methyl sites for hydroxylation is 1. The maximum atomic E-state index is 13.2. The van der Waals surface area contributed by atoms with Gasteiger partial charge in [0.1, 0.15) is 5.75 Å². The van der Waals surface area contributed by atoms with Crippen molar-refractivity contribution in [1.82, 2.24) is 0 Å². The van der Waals surface area contributed by atoms with Crippen LogP contribution in [0.15, 0.2) is 18.2 Å². The van der Waals surface area contributed by atoms with Gasteiger partial charge in [-0.1, -0.05) is 6.07 Å². The van der Waals surface area contributed by atoms with Crippen LogP contribution in [0.3, 0.4) is 0 Å². The van der Waals surface area contributed by atoms with Crippen LogP contribution in [0.4, 0.5) is 8.78 Å². The van der Waals surface area contributed by atoms with E-state index in [-0.39, 0.29) is 18.3 Å². The number of ether oxygens (including phenoxy) is 1. The Morgan fingerprint density at radius 1 is 1.42 bits per heavy atom. The summed E-state index contributed by atoms with van der Waals surface area (Å²) in [5.74, 6) is -0.427. The van der Waals surface area contributed by atoms with Gasteiger partial charge in [0.15, 0.2) is 0 Å². The number of carboxylic acids is 1. The Kier molecular flexibility index (Phi) is 4.54. The highest BCUT2D eigenvalue weighted by atomic mass is 19.3. The Morgan fingerprint density at radius 3 is 2.79 bits per heavy atom. The van der Waals surface area contributed by atoms with Crippen LogP contribution >= 0.6 is 0 Å². The van der Waals surface area contributed by atoms with Crippen LogP contribution in [0.2, 0.25) is 0 Å². The molecule has 0 saturated heterocycles. The van der Waals surface area contributed by atoms with Crippen molar-refractivity contribution in [1.29, 1.82) is 0 Å². The largest absolute Gasteiger partial charge is 0.497 e. The van der Waals surface area contributed by atoms with Gasteiger partial charge in [0.25, 0.3) is 0 Å². The summed E-state index contributed by atoms with van der Waals surface area (Å²) in [6.45, 7) is 1.65. The Morgan fingerprint density at radius 2 is 2.17 bits per heavy atom. The van der Waals surface area contributed by atoms with Crippen molar-refractivity contribution in [2.45, 2.75) is 51.4 Å². The first-order chi connectivity index (χ1) is 11.4. The Balaban J connectivity index is 1.96. The number of carbonyl (C=O) groups is 1. The summed E-state index contributed by atoms with van der Waals surface area (Å²) in [5.41, 5.74) is 1.35. The van der Waals surface area contributed by atoms with E-state index in [1.807, 2.05) is 18.2 Å². The van der Waals surface area contributed by atoms with Gasteiger partial charge >= 0.3 is 5.97 Å². The van der Waals surface area contributed by atoms with E-state index in [9.17, 15) is 18.7 Å². The molecule has 0 spiro atoms. The molecule has 0 heterocycles. The summed E-state index contributed by atoms with van der Waals surface area (Å²) >= 11 is 0. The molecule has 1 aromatic rings. The maximum Gasteiger partial charge on any atom is 0.309 e. The molecule has 3 nitrogen and oxygen atoms in total. The minimum absolute atomic E-state index is 0.00902.